The van der Waals surface area contributed by atoms with Gasteiger partial charge >= 0.3 is 0 Å². The zero-order valence-corrected chi connectivity index (χ0v) is 21.1. The Kier molecular flexibility index (Phi) is 2.25. The summed E-state index contributed by atoms with van der Waals surface area (Å²) in [6.45, 7) is 0. The van der Waals surface area contributed by atoms with E-state index in [1.165, 1.54) is 0 Å². The van der Waals surface area contributed by atoms with Gasteiger partial charge < -0.3 is 0 Å². The summed E-state index contributed by atoms with van der Waals surface area (Å²) in [5, 5.41) is -3.78. The summed E-state index contributed by atoms with van der Waals surface area (Å²) in [6.07, 6.45) is 0. The maximum Gasteiger partial charge on any atom is 0.0629 e. The van der Waals surface area contributed by atoms with Gasteiger partial charge in [0.1, 0.15) is 0 Å². The van der Waals surface area contributed by atoms with Crippen molar-refractivity contribution in [3.8, 4) is 44.5 Å². The summed E-state index contributed by atoms with van der Waals surface area (Å²) in [7, 11) is 0. The van der Waals surface area contributed by atoms with Gasteiger partial charge in [0.2, 0.25) is 0 Å². The van der Waals surface area contributed by atoms with Crippen molar-refractivity contribution in [2.75, 3.05) is 0 Å². The van der Waals surface area contributed by atoms with Gasteiger partial charge in [0.05, 0.1) is 37.0 Å². The van der Waals surface area contributed by atoms with E-state index in [0.717, 1.165) is 6.07 Å². The maximum absolute atomic E-state index is 9.44. The summed E-state index contributed by atoms with van der Waals surface area (Å²) < 4.78 is 240. The van der Waals surface area contributed by atoms with Gasteiger partial charge in [0, 0.05) is 0 Å². The number of hydrogen-bond acceptors (Lipinski definition) is 0. The van der Waals surface area contributed by atoms with Crippen LogP contribution in [0.3, 0.4) is 0 Å². The second-order valence-corrected chi connectivity index (χ2v) is 8.83. The molecule has 0 bridgehead atoms. The molecule has 0 N–H and O–H groups in total. The summed E-state index contributed by atoms with van der Waals surface area (Å²) in [5.41, 5.74) is -6.24. The lowest BCUT2D eigenvalue weighted by molar-refractivity contribution is 1.58. The quantitative estimate of drug-likeness (QED) is 0.188. The Labute approximate surface area is 284 Å². The molecule has 0 aliphatic rings. The lowest BCUT2D eigenvalue weighted by atomic mass is 9.83. The van der Waals surface area contributed by atoms with E-state index in [1.807, 2.05) is 0 Å². The van der Waals surface area contributed by atoms with Crippen LogP contribution in [-0.4, -0.2) is 0 Å². The van der Waals surface area contributed by atoms with Gasteiger partial charge in [0.15, 0.2) is 0 Å². The third-order valence-electron chi connectivity index (χ3n) is 6.58. The van der Waals surface area contributed by atoms with Gasteiger partial charge in [-0.1, -0.05) is 169 Å². The lowest BCUT2D eigenvalue weighted by Crippen LogP contribution is -1.93. The Bertz CT molecular complexity index is 3600. The molecule has 0 heterocycles. The van der Waals surface area contributed by atoms with Gasteiger partial charge in [-0.3, -0.25) is 0 Å². The minimum Gasteiger partial charge on any atom is -0.0622 e. The van der Waals surface area contributed by atoms with Gasteiger partial charge in [-0.25, -0.2) is 0 Å². The fourth-order valence-corrected chi connectivity index (χ4v) is 4.81. The topological polar surface area (TPSA) is 0 Å². The summed E-state index contributed by atoms with van der Waals surface area (Å²) >= 11 is 0. The van der Waals surface area contributed by atoms with Crippen molar-refractivity contribution in [2.24, 2.45) is 0 Å². The van der Waals surface area contributed by atoms with E-state index in [-0.39, 0.29) is 5.39 Å². The first-order valence-corrected chi connectivity index (χ1v) is 12.3. The highest BCUT2D eigenvalue weighted by Gasteiger charge is 2.19. The molecule has 0 nitrogen and oxygen atoms in total. The molecule has 0 unspecified atom stereocenters. The third kappa shape index (κ3) is 4.00. The monoisotopic (exact) mass is 559 g/mol. The molecule has 8 aromatic rings. The molecule has 0 aromatic heterocycles. The van der Waals surface area contributed by atoms with Crippen molar-refractivity contribution in [2.45, 2.75) is 0 Å². The van der Waals surface area contributed by atoms with Crippen molar-refractivity contribution in [1.29, 1.82) is 0 Å². The molecule has 0 aliphatic carbocycles. The van der Waals surface area contributed by atoms with Gasteiger partial charge in [-0.05, 0) is 76.8 Å². The van der Waals surface area contributed by atoms with Crippen LogP contribution in [0.5, 0.6) is 0 Å². The Morgan fingerprint density at radius 2 is 0.738 bits per heavy atom. The highest BCUT2D eigenvalue weighted by molar-refractivity contribution is 6.24. The molecule has 0 spiro atoms. The minimum absolute atomic E-state index is 0.382. The van der Waals surface area contributed by atoms with Crippen molar-refractivity contribution in [3.05, 3.63) is 169 Å². The van der Waals surface area contributed by atoms with Crippen LogP contribution in [0.1, 0.15) is 37.0 Å². The van der Waals surface area contributed by atoms with E-state index >= 15 is 0 Å². The number of hydrogen-bond donors (Lipinski definition) is 0. The Hall–Kier alpha value is -5.46. The summed E-state index contributed by atoms with van der Waals surface area (Å²) in [5.74, 6) is 0. The molecule has 8 rings (SSSR count). The predicted molar refractivity (Wildman–Crippen MR) is 181 cm³/mol. The molecule has 0 saturated carbocycles. The van der Waals surface area contributed by atoms with E-state index in [0.29, 0.717) is 0 Å². The number of fused-ring (bicyclic) bond motifs is 3. The molecule has 0 fully saturated rings. The normalized spacial score (nSPS) is 20.3. The second-order valence-electron chi connectivity index (χ2n) is 8.83. The van der Waals surface area contributed by atoms with Crippen LogP contribution in [0.15, 0.2) is 169 Å². The van der Waals surface area contributed by atoms with E-state index in [4.69, 9.17) is 24.7 Å². The van der Waals surface area contributed by atoms with Crippen molar-refractivity contribution >= 4 is 32.3 Å². The molecular formula is C42H28. The van der Waals surface area contributed by atoms with Crippen molar-refractivity contribution in [1.82, 2.24) is 0 Å². The largest absolute Gasteiger partial charge is 0.0629 e. The van der Waals surface area contributed by atoms with E-state index < -0.39 is 235 Å². The molecule has 0 atom stereocenters. The van der Waals surface area contributed by atoms with Crippen molar-refractivity contribution < 1.29 is 37.0 Å². The Balaban J connectivity index is 1.73. The lowest BCUT2D eigenvalue weighted by Gasteiger charge is -2.20. The molecule has 0 radical (unpaired) electrons. The summed E-state index contributed by atoms with van der Waals surface area (Å²) in [4.78, 5) is 0. The SMILES string of the molecule is [2H]c1cc2c(-c3c4c([2H])c([2H])c([2H])c([2H])c4c(-c4c([2H])c([2H])c([2H])c([2H])c4-c4c([2H])c([2H])c(-c5c([2H])c([2H])c([2H])c([2H])c5[2H])c([2H])c4[2H])c4c([2H])c([2H])c([2H])c([2H])c34)c([2H])c([2H])c([2H])c2c([2H])c1[2H]. The van der Waals surface area contributed by atoms with Crippen molar-refractivity contribution in [3.63, 3.8) is 0 Å². The van der Waals surface area contributed by atoms with Gasteiger partial charge in [-0.15, -0.1) is 0 Å². The van der Waals surface area contributed by atoms with Crippen LogP contribution >= 0.6 is 0 Å². The Morgan fingerprint density at radius 1 is 0.286 bits per heavy atom. The first-order valence-electron chi connectivity index (χ1n) is 25.8. The Morgan fingerprint density at radius 3 is 1.40 bits per heavy atom. The highest BCUT2D eigenvalue weighted by atomic mass is 14.2. The van der Waals surface area contributed by atoms with E-state index in [2.05, 4.69) is 0 Å². The molecule has 42 heavy (non-hydrogen) atoms. The van der Waals surface area contributed by atoms with Crippen LogP contribution in [0, 0.1) is 0 Å². The van der Waals surface area contributed by atoms with E-state index in [1.54, 1.807) is 0 Å². The molecular weight excluding hydrogens is 504 g/mol. The molecule has 0 amide bonds. The van der Waals surface area contributed by atoms with E-state index in [9.17, 15) is 12.3 Å². The molecule has 196 valence electrons. The van der Waals surface area contributed by atoms with Crippen LogP contribution in [0.2, 0.25) is 0 Å². The average Bonchev–Trinajstić information content (AvgIpc) is 3.31. The summed E-state index contributed by atoms with van der Waals surface area (Å²) in [6, 6.07) is -24.7. The predicted octanol–water partition coefficient (Wildman–Crippen LogP) is 11.8. The number of benzene rings is 8. The van der Waals surface area contributed by atoms with Crippen LogP contribution < -0.4 is 0 Å². The minimum atomic E-state index is -1.10. The first-order chi connectivity index (χ1) is 32.1. The molecule has 8 aromatic carbocycles. The van der Waals surface area contributed by atoms with Crippen LogP contribution in [0.25, 0.3) is 76.8 Å². The third-order valence-corrected chi connectivity index (χ3v) is 6.58. The van der Waals surface area contributed by atoms with Gasteiger partial charge in [-0.2, -0.15) is 0 Å². The number of rotatable bonds is 4. The first kappa shape index (κ1) is 9.28. The second kappa shape index (κ2) is 10.2. The fourth-order valence-electron chi connectivity index (χ4n) is 4.81. The fraction of sp³-hybridized carbons (Fsp3) is 0. The van der Waals surface area contributed by atoms with Crippen LogP contribution in [0.4, 0.5) is 0 Å². The zero-order chi connectivity index (χ0) is 51.4. The molecule has 0 saturated heterocycles. The average molecular weight is 560 g/mol. The molecule has 0 aliphatic heterocycles. The van der Waals surface area contributed by atoms with Crippen LogP contribution in [-0.2, 0) is 0 Å². The van der Waals surface area contributed by atoms with Gasteiger partial charge in [0.25, 0.3) is 0 Å². The molecule has 0 heteroatoms. The maximum atomic E-state index is 9.44. The standard InChI is InChI=1S/C42H28/c1-2-13-29(14-3-1)30-25-27-32(28-26-30)34-18-6-7-19-35(34)41-37-20-8-10-22-39(37)42(40-23-11-9-21-38(40)41)36-24-12-16-31-15-4-5-17-33(31)36/h1-28H/i1D,2D,3D,4D,5D,6D,7D,8D,9D,10D,11D,12D,13D,14D,15D,16D,18D,19D,20D,21D,22D,23D,24D,25D,26D,27D,28D. The zero-order valence-electron chi connectivity index (χ0n) is 48.1. The highest BCUT2D eigenvalue weighted by Crippen LogP contribution is 2.47. The smallest absolute Gasteiger partial charge is 0.0622 e.